The van der Waals surface area contributed by atoms with Crippen LogP contribution in [0.2, 0.25) is 5.02 Å². The third-order valence-electron chi connectivity index (χ3n) is 7.83. The Kier molecular flexibility index (Phi) is 8.64. The summed E-state index contributed by atoms with van der Waals surface area (Å²) < 4.78 is 1.93. The molecule has 0 saturated carbocycles. The lowest BCUT2D eigenvalue weighted by Gasteiger charge is -2.33. The fourth-order valence-corrected chi connectivity index (χ4v) is 5.72. The van der Waals surface area contributed by atoms with Gasteiger partial charge in [-0.25, -0.2) is 4.68 Å². The molecule has 7 heteroatoms. The van der Waals surface area contributed by atoms with Crippen molar-refractivity contribution in [1.82, 2.24) is 19.6 Å². The lowest BCUT2D eigenvalue weighted by atomic mass is 9.90. The summed E-state index contributed by atoms with van der Waals surface area (Å²) in [5, 5.41) is 14.5. The number of nitriles is 1. The van der Waals surface area contributed by atoms with E-state index in [0.29, 0.717) is 22.7 Å². The third-order valence-corrected chi connectivity index (χ3v) is 8.09. The van der Waals surface area contributed by atoms with Crippen molar-refractivity contribution in [2.45, 2.75) is 38.1 Å². The maximum absolute atomic E-state index is 13.8. The second-order valence-corrected chi connectivity index (χ2v) is 11.1. The van der Waals surface area contributed by atoms with E-state index in [0.717, 1.165) is 43.9 Å². The van der Waals surface area contributed by atoms with Crippen LogP contribution in [0.15, 0.2) is 85.1 Å². The lowest BCUT2D eigenvalue weighted by Crippen LogP contribution is -2.35. The fraction of sp³-hybridized carbons (Fsp3) is 0.303. The van der Waals surface area contributed by atoms with Gasteiger partial charge in [0.15, 0.2) is 0 Å². The number of amides is 1. The molecule has 0 bridgehead atoms. The Hall–Kier alpha value is -3.92. The first kappa shape index (κ1) is 27.6. The molecule has 40 heavy (non-hydrogen) atoms. The Morgan fingerprint density at radius 1 is 1.05 bits per heavy atom. The van der Waals surface area contributed by atoms with Crippen LogP contribution in [-0.4, -0.2) is 52.2 Å². The number of carbonyl (C=O) groups excluding carboxylic acids is 1. The Morgan fingerprint density at radius 3 is 2.38 bits per heavy atom. The molecule has 204 valence electrons. The van der Waals surface area contributed by atoms with E-state index in [-0.39, 0.29) is 17.7 Å². The van der Waals surface area contributed by atoms with Crippen LogP contribution >= 0.6 is 11.6 Å². The van der Waals surface area contributed by atoms with Gasteiger partial charge in [0.05, 0.1) is 34.8 Å². The molecule has 1 amide bonds. The fourth-order valence-electron chi connectivity index (χ4n) is 5.60. The van der Waals surface area contributed by atoms with Gasteiger partial charge < -0.3 is 4.90 Å². The Morgan fingerprint density at radius 2 is 1.73 bits per heavy atom. The lowest BCUT2D eigenvalue weighted by molar-refractivity contribution is 0.0785. The molecule has 1 atom stereocenters. The number of halogens is 1. The topological polar surface area (TPSA) is 65.2 Å². The average Bonchev–Trinajstić information content (AvgIpc) is 3.43. The van der Waals surface area contributed by atoms with Crippen LogP contribution in [0.3, 0.4) is 0 Å². The van der Waals surface area contributed by atoms with Gasteiger partial charge in [-0.1, -0.05) is 61.0 Å². The zero-order chi connectivity index (χ0) is 28.1. The average molecular weight is 552 g/mol. The minimum atomic E-state index is -0.00185. The largest absolute Gasteiger partial charge is 0.341 e. The number of likely N-dealkylation sites (N-methyl/N-ethyl adjacent to an activating group) is 1. The van der Waals surface area contributed by atoms with Crippen LogP contribution in [0.5, 0.6) is 0 Å². The summed E-state index contributed by atoms with van der Waals surface area (Å²) in [6.45, 7) is 5.47. The molecule has 0 radical (unpaired) electrons. The molecular weight excluding hydrogens is 518 g/mol. The third kappa shape index (κ3) is 6.28. The zero-order valence-electron chi connectivity index (χ0n) is 23.0. The second-order valence-electron chi connectivity index (χ2n) is 10.7. The van der Waals surface area contributed by atoms with Crippen molar-refractivity contribution >= 4 is 17.5 Å². The van der Waals surface area contributed by atoms with Gasteiger partial charge in [-0.3, -0.25) is 9.69 Å². The number of benzene rings is 3. The van der Waals surface area contributed by atoms with Crippen LogP contribution in [-0.2, 0) is 6.54 Å². The monoisotopic (exact) mass is 551 g/mol. The first-order valence-corrected chi connectivity index (χ1v) is 14.2. The van der Waals surface area contributed by atoms with Gasteiger partial charge in [-0.2, -0.15) is 10.4 Å². The highest BCUT2D eigenvalue weighted by molar-refractivity contribution is 6.30. The molecular formula is C33H34ClN5O. The van der Waals surface area contributed by atoms with Gasteiger partial charge in [-0.15, -0.1) is 0 Å². The highest BCUT2D eigenvalue weighted by atomic mass is 35.5. The van der Waals surface area contributed by atoms with E-state index in [1.54, 1.807) is 6.20 Å². The normalized spacial score (nSPS) is 14.9. The van der Waals surface area contributed by atoms with Crippen molar-refractivity contribution in [3.8, 4) is 11.8 Å². The maximum Gasteiger partial charge on any atom is 0.257 e. The quantitative estimate of drug-likeness (QED) is 0.246. The molecule has 1 saturated heterocycles. The summed E-state index contributed by atoms with van der Waals surface area (Å²) in [7, 11) is 1.88. The van der Waals surface area contributed by atoms with Crippen molar-refractivity contribution in [3.63, 3.8) is 0 Å². The number of hydrogen-bond acceptors (Lipinski definition) is 4. The van der Waals surface area contributed by atoms with Gasteiger partial charge >= 0.3 is 0 Å². The predicted molar refractivity (Wildman–Crippen MR) is 159 cm³/mol. The highest BCUT2D eigenvalue weighted by Crippen LogP contribution is 2.33. The van der Waals surface area contributed by atoms with Crippen LogP contribution in [0.4, 0.5) is 0 Å². The predicted octanol–water partition coefficient (Wildman–Crippen LogP) is 6.65. The number of hydrogen-bond donors (Lipinski definition) is 0. The summed E-state index contributed by atoms with van der Waals surface area (Å²) in [6, 6.07) is 27.9. The molecule has 5 rings (SSSR count). The van der Waals surface area contributed by atoms with Crippen molar-refractivity contribution < 1.29 is 4.79 Å². The molecule has 3 aromatic carbocycles. The van der Waals surface area contributed by atoms with Crippen molar-refractivity contribution in [1.29, 1.82) is 5.26 Å². The van der Waals surface area contributed by atoms with E-state index in [2.05, 4.69) is 30.0 Å². The number of carbonyl (C=O) groups is 1. The summed E-state index contributed by atoms with van der Waals surface area (Å²) in [5.74, 6) is 0.419. The summed E-state index contributed by atoms with van der Waals surface area (Å²) in [4.78, 5) is 18.1. The SMILES string of the molecule is CC(CN(C)C(=O)c1cnn(-c2ccc(Cl)cc2)c1C1CCN(Cc2ccc(C#N)cc2)CC1)c1ccccc1. The van der Waals surface area contributed by atoms with E-state index in [1.165, 1.54) is 11.1 Å². The van der Waals surface area contributed by atoms with E-state index < -0.39 is 0 Å². The molecule has 1 aliphatic heterocycles. The van der Waals surface area contributed by atoms with E-state index in [9.17, 15) is 4.79 Å². The zero-order valence-corrected chi connectivity index (χ0v) is 23.8. The summed E-state index contributed by atoms with van der Waals surface area (Å²) in [5.41, 5.74) is 5.65. The van der Waals surface area contributed by atoms with Gasteiger partial charge in [-0.05, 0) is 79.4 Å². The molecule has 0 aliphatic carbocycles. The van der Waals surface area contributed by atoms with Crippen LogP contribution in [0.1, 0.15) is 64.3 Å². The maximum atomic E-state index is 13.8. The Balaban J connectivity index is 1.36. The van der Waals surface area contributed by atoms with Crippen LogP contribution in [0.25, 0.3) is 5.69 Å². The molecule has 1 unspecified atom stereocenters. The Bertz CT molecular complexity index is 1470. The summed E-state index contributed by atoms with van der Waals surface area (Å²) >= 11 is 6.17. The number of rotatable bonds is 8. The van der Waals surface area contributed by atoms with E-state index in [1.807, 2.05) is 83.4 Å². The minimum Gasteiger partial charge on any atom is -0.341 e. The Labute approximate surface area is 241 Å². The summed E-state index contributed by atoms with van der Waals surface area (Å²) in [6.07, 6.45) is 3.60. The second kappa shape index (κ2) is 12.5. The number of piperidine rings is 1. The first-order valence-electron chi connectivity index (χ1n) is 13.8. The van der Waals surface area contributed by atoms with Crippen LogP contribution < -0.4 is 0 Å². The van der Waals surface area contributed by atoms with Gasteiger partial charge in [0.2, 0.25) is 0 Å². The van der Waals surface area contributed by atoms with Crippen molar-refractivity contribution in [3.05, 3.63) is 118 Å². The molecule has 1 aliphatic rings. The van der Waals surface area contributed by atoms with E-state index >= 15 is 0 Å². The number of likely N-dealkylation sites (tertiary alicyclic amines) is 1. The molecule has 0 spiro atoms. The standard InChI is InChI=1S/C33H34ClN5O/c1-24(27-6-4-3-5-7-27)22-37(2)33(40)31-21-36-39(30-14-12-29(34)13-15-30)32(31)28-16-18-38(19-17-28)23-26-10-8-25(20-35)9-11-26/h3-15,21,24,28H,16-19,22-23H2,1-2H3. The molecule has 0 N–H and O–H groups in total. The first-order chi connectivity index (χ1) is 19.4. The molecule has 2 heterocycles. The highest BCUT2D eigenvalue weighted by Gasteiger charge is 2.30. The molecule has 6 nitrogen and oxygen atoms in total. The van der Waals surface area contributed by atoms with E-state index in [4.69, 9.17) is 22.0 Å². The molecule has 4 aromatic rings. The smallest absolute Gasteiger partial charge is 0.257 e. The van der Waals surface area contributed by atoms with Gasteiger partial charge in [0.25, 0.3) is 5.91 Å². The van der Waals surface area contributed by atoms with Gasteiger partial charge in [0, 0.05) is 31.1 Å². The van der Waals surface area contributed by atoms with Crippen LogP contribution in [0, 0.1) is 11.3 Å². The number of nitrogens with zero attached hydrogens (tertiary/aromatic N) is 5. The molecule has 1 fully saturated rings. The molecule has 1 aromatic heterocycles. The van der Waals surface area contributed by atoms with Crippen molar-refractivity contribution in [2.75, 3.05) is 26.7 Å². The minimum absolute atomic E-state index is 0.00185. The van der Waals surface area contributed by atoms with Gasteiger partial charge in [0.1, 0.15) is 0 Å². The van der Waals surface area contributed by atoms with Crippen molar-refractivity contribution in [2.24, 2.45) is 0 Å². The number of aromatic nitrogens is 2.